The molecule has 0 radical (unpaired) electrons. The molecule has 20 heavy (non-hydrogen) atoms. The predicted molar refractivity (Wildman–Crippen MR) is 77.1 cm³/mol. The van der Waals surface area contributed by atoms with E-state index in [9.17, 15) is 0 Å². The molecule has 2 heterocycles. The summed E-state index contributed by atoms with van der Waals surface area (Å²) < 4.78 is 7.58. The van der Waals surface area contributed by atoms with Gasteiger partial charge in [0.1, 0.15) is 18.2 Å². The summed E-state index contributed by atoms with van der Waals surface area (Å²) in [6.45, 7) is 1.67. The molecule has 0 bridgehead atoms. The van der Waals surface area contributed by atoms with Gasteiger partial charge in [-0.15, -0.1) is 0 Å². The molecule has 6 heteroatoms. The molecule has 0 amide bonds. The third-order valence-corrected chi connectivity index (χ3v) is 3.54. The Hall–Kier alpha value is -1.59. The summed E-state index contributed by atoms with van der Waals surface area (Å²) in [5.41, 5.74) is 1.19. The second-order valence-electron chi connectivity index (χ2n) is 4.98. The first-order valence-corrected chi connectivity index (χ1v) is 7.09. The summed E-state index contributed by atoms with van der Waals surface area (Å²) in [5.74, 6) is 1.81. The number of nitrogens with zero attached hydrogens (tertiary/aromatic N) is 3. The minimum absolute atomic E-state index is 0.181. The molecule has 5 nitrogen and oxygen atoms in total. The molecule has 1 N–H and O–H groups in total. The zero-order valence-electron chi connectivity index (χ0n) is 11.3. The van der Waals surface area contributed by atoms with Gasteiger partial charge in [-0.05, 0) is 23.8 Å². The van der Waals surface area contributed by atoms with Crippen LogP contribution in [0.25, 0.3) is 0 Å². The topological polar surface area (TPSA) is 52.0 Å². The van der Waals surface area contributed by atoms with E-state index in [1.807, 2.05) is 25.2 Å². The van der Waals surface area contributed by atoms with Crippen molar-refractivity contribution >= 4 is 11.6 Å². The fourth-order valence-corrected chi connectivity index (χ4v) is 2.56. The van der Waals surface area contributed by atoms with E-state index in [0.717, 1.165) is 42.5 Å². The van der Waals surface area contributed by atoms with Gasteiger partial charge in [-0.1, -0.05) is 11.6 Å². The van der Waals surface area contributed by atoms with Crippen LogP contribution in [0.2, 0.25) is 5.02 Å². The summed E-state index contributed by atoms with van der Waals surface area (Å²) in [4.78, 5) is 4.19. The van der Waals surface area contributed by atoms with Gasteiger partial charge >= 0.3 is 0 Å². The lowest BCUT2D eigenvalue weighted by molar-refractivity contribution is 0.228. The number of ether oxygens (including phenoxy) is 1. The van der Waals surface area contributed by atoms with E-state index in [-0.39, 0.29) is 6.10 Å². The molecule has 2 aromatic rings. The van der Waals surface area contributed by atoms with Gasteiger partial charge in [0.05, 0.1) is 0 Å². The van der Waals surface area contributed by atoms with E-state index in [4.69, 9.17) is 16.3 Å². The number of halogens is 1. The van der Waals surface area contributed by atoms with Crippen molar-refractivity contribution in [1.29, 1.82) is 0 Å². The minimum atomic E-state index is 0.181. The Kier molecular flexibility index (Phi) is 3.89. The molecule has 106 valence electrons. The fraction of sp³-hybridized carbons (Fsp3) is 0.429. The van der Waals surface area contributed by atoms with E-state index < -0.39 is 0 Å². The number of aromatic nitrogens is 3. The first kappa shape index (κ1) is 13.4. The summed E-state index contributed by atoms with van der Waals surface area (Å²) >= 11 is 5.98. The Balaban J connectivity index is 1.42. The van der Waals surface area contributed by atoms with Crippen LogP contribution in [-0.2, 0) is 19.9 Å². The molecule has 0 aliphatic carbocycles. The van der Waals surface area contributed by atoms with Gasteiger partial charge in [-0.2, -0.15) is 5.10 Å². The molecule has 0 spiro atoms. The Morgan fingerprint density at radius 2 is 2.40 bits per heavy atom. The van der Waals surface area contributed by atoms with Gasteiger partial charge in [0.2, 0.25) is 0 Å². The highest BCUT2D eigenvalue weighted by Crippen LogP contribution is 2.30. The summed E-state index contributed by atoms with van der Waals surface area (Å²) in [6.07, 6.45) is 3.63. The lowest BCUT2D eigenvalue weighted by Crippen LogP contribution is -2.31. The average molecular weight is 293 g/mol. The van der Waals surface area contributed by atoms with Crippen molar-refractivity contribution in [3.05, 3.63) is 40.9 Å². The maximum atomic E-state index is 5.98. The highest BCUT2D eigenvalue weighted by molar-refractivity contribution is 6.30. The van der Waals surface area contributed by atoms with Gasteiger partial charge < -0.3 is 10.1 Å². The van der Waals surface area contributed by atoms with Crippen molar-refractivity contribution in [3.8, 4) is 5.75 Å². The fourth-order valence-electron chi connectivity index (χ4n) is 2.36. The molecule has 1 aromatic heterocycles. The molecule has 0 saturated heterocycles. The number of aryl methyl sites for hydroxylation is 1. The SMILES string of the molecule is Cn1cnc(CCNCC2Cc3cc(Cl)ccc3O2)n1. The van der Waals surface area contributed by atoms with Gasteiger partial charge in [0, 0.05) is 38.0 Å². The Morgan fingerprint density at radius 1 is 1.50 bits per heavy atom. The monoisotopic (exact) mass is 292 g/mol. The second-order valence-corrected chi connectivity index (χ2v) is 5.42. The van der Waals surface area contributed by atoms with Crippen LogP contribution in [0.4, 0.5) is 0 Å². The number of hydrogen-bond acceptors (Lipinski definition) is 4. The summed E-state index contributed by atoms with van der Waals surface area (Å²) in [6, 6.07) is 5.78. The average Bonchev–Trinajstić information content (AvgIpc) is 3.00. The first-order chi connectivity index (χ1) is 9.70. The van der Waals surface area contributed by atoms with Gasteiger partial charge in [0.25, 0.3) is 0 Å². The molecule has 0 fully saturated rings. The van der Waals surface area contributed by atoms with E-state index in [1.54, 1.807) is 11.0 Å². The largest absolute Gasteiger partial charge is 0.488 e. The van der Waals surface area contributed by atoms with E-state index in [2.05, 4.69) is 15.4 Å². The third kappa shape index (κ3) is 3.11. The number of rotatable bonds is 5. The first-order valence-electron chi connectivity index (χ1n) is 6.71. The van der Waals surface area contributed by atoms with Crippen LogP contribution in [0, 0.1) is 0 Å². The van der Waals surface area contributed by atoms with Crippen molar-refractivity contribution in [2.24, 2.45) is 7.05 Å². The van der Waals surface area contributed by atoms with Crippen LogP contribution >= 0.6 is 11.6 Å². The summed E-state index contributed by atoms with van der Waals surface area (Å²) in [7, 11) is 1.87. The molecule has 1 atom stereocenters. The zero-order chi connectivity index (χ0) is 13.9. The maximum Gasteiger partial charge on any atom is 0.151 e. The second kappa shape index (κ2) is 5.81. The molecule has 3 rings (SSSR count). The zero-order valence-corrected chi connectivity index (χ0v) is 12.1. The molecule has 1 aliphatic heterocycles. The maximum absolute atomic E-state index is 5.98. The van der Waals surface area contributed by atoms with Crippen molar-refractivity contribution in [2.45, 2.75) is 18.9 Å². The normalized spacial score (nSPS) is 17.0. The highest BCUT2D eigenvalue weighted by Gasteiger charge is 2.22. The molecule has 1 unspecified atom stereocenters. The van der Waals surface area contributed by atoms with Crippen molar-refractivity contribution in [3.63, 3.8) is 0 Å². The van der Waals surface area contributed by atoms with Crippen LogP contribution in [0.3, 0.4) is 0 Å². The van der Waals surface area contributed by atoms with E-state index in [1.165, 1.54) is 5.56 Å². The summed E-state index contributed by atoms with van der Waals surface area (Å²) in [5, 5.41) is 8.39. The van der Waals surface area contributed by atoms with Crippen molar-refractivity contribution in [2.75, 3.05) is 13.1 Å². The molecule has 0 saturated carbocycles. The Labute approximate surface area is 122 Å². The van der Waals surface area contributed by atoms with Crippen molar-refractivity contribution < 1.29 is 4.74 Å². The van der Waals surface area contributed by atoms with Gasteiger partial charge in [-0.25, -0.2) is 4.98 Å². The van der Waals surface area contributed by atoms with Gasteiger partial charge in [-0.3, -0.25) is 4.68 Å². The van der Waals surface area contributed by atoms with Crippen molar-refractivity contribution in [1.82, 2.24) is 20.1 Å². The third-order valence-electron chi connectivity index (χ3n) is 3.31. The molecular weight excluding hydrogens is 276 g/mol. The smallest absolute Gasteiger partial charge is 0.151 e. The number of benzene rings is 1. The lowest BCUT2D eigenvalue weighted by Gasteiger charge is -2.11. The van der Waals surface area contributed by atoms with Crippen LogP contribution in [0.5, 0.6) is 5.75 Å². The van der Waals surface area contributed by atoms with Crippen LogP contribution in [0.15, 0.2) is 24.5 Å². The van der Waals surface area contributed by atoms with Crippen LogP contribution in [-0.4, -0.2) is 34.0 Å². The van der Waals surface area contributed by atoms with Crippen LogP contribution in [0.1, 0.15) is 11.4 Å². The number of hydrogen-bond donors (Lipinski definition) is 1. The van der Waals surface area contributed by atoms with Gasteiger partial charge in [0.15, 0.2) is 5.82 Å². The molecular formula is C14H17ClN4O. The number of fused-ring (bicyclic) bond motifs is 1. The standard InChI is InChI=1S/C14H17ClN4O/c1-19-9-17-14(18-19)4-5-16-8-12-7-10-6-11(15)2-3-13(10)20-12/h2-3,6,9,12,16H,4-5,7-8H2,1H3. The molecule has 1 aliphatic rings. The quantitative estimate of drug-likeness (QED) is 0.851. The van der Waals surface area contributed by atoms with E-state index >= 15 is 0 Å². The molecule has 1 aromatic carbocycles. The lowest BCUT2D eigenvalue weighted by atomic mass is 10.1. The Morgan fingerprint density at radius 3 is 3.20 bits per heavy atom. The van der Waals surface area contributed by atoms with E-state index in [0.29, 0.717) is 0 Å². The number of nitrogens with one attached hydrogen (secondary N) is 1. The highest BCUT2D eigenvalue weighted by atomic mass is 35.5. The minimum Gasteiger partial charge on any atom is -0.488 e. The Bertz CT molecular complexity index is 599. The predicted octanol–water partition coefficient (Wildman–Crippen LogP) is 1.60. The van der Waals surface area contributed by atoms with Crippen LogP contribution < -0.4 is 10.1 Å².